The minimum Gasteiger partial charge on any atom is -0.380 e. The topological polar surface area (TPSA) is 63.4 Å². The summed E-state index contributed by atoms with van der Waals surface area (Å²) in [6.45, 7) is 5.52. The van der Waals surface area contributed by atoms with Gasteiger partial charge in [0.15, 0.2) is 0 Å². The molecule has 1 fully saturated rings. The number of carbonyl (C=O) groups excluding carboxylic acids is 1. The minimum absolute atomic E-state index is 0.0602. The van der Waals surface area contributed by atoms with Gasteiger partial charge >= 0.3 is 0 Å². The van der Waals surface area contributed by atoms with E-state index in [-0.39, 0.29) is 18.0 Å². The van der Waals surface area contributed by atoms with Crippen LogP contribution < -0.4 is 15.5 Å². The lowest BCUT2D eigenvalue weighted by atomic mass is 9.92. The van der Waals surface area contributed by atoms with E-state index >= 15 is 0 Å². The van der Waals surface area contributed by atoms with Crippen LogP contribution in [0.15, 0.2) is 79.0 Å². The molecule has 0 bridgehead atoms. The second kappa shape index (κ2) is 9.70. The number of amides is 1. The van der Waals surface area contributed by atoms with Crippen molar-refractivity contribution < 1.29 is 4.79 Å². The Balaban J connectivity index is 1.23. The van der Waals surface area contributed by atoms with E-state index in [0.29, 0.717) is 0 Å². The maximum atomic E-state index is 13.8. The summed E-state index contributed by atoms with van der Waals surface area (Å²) in [5.74, 6) is 0.0666. The van der Waals surface area contributed by atoms with Gasteiger partial charge in [-0.15, -0.1) is 0 Å². The van der Waals surface area contributed by atoms with Gasteiger partial charge in [-0.3, -0.25) is 9.69 Å². The lowest BCUT2D eigenvalue weighted by molar-refractivity contribution is -0.122. The van der Waals surface area contributed by atoms with E-state index in [1.165, 1.54) is 22.2 Å². The van der Waals surface area contributed by atoms with Gasteiger partial charge in [0.2, 0.25) is 5.91 Å². The van der Waals surface area contributed by atoms with Crippen LogP contribution in [0.5, 0.6) is 0 Å². The Morgan fingerprint density at radius 3 is 2.58 bits per heavy atom. The number of aromatic nitrogens is 1. The van der Waals surface area contributed by atoms with Crippen molar-refractivity contribution in [2.75, 3.05) is 41.7 Å². The maximum Gasteiger partial charge on any atom is 0.243 e. The molecular weight excluding hydrogens is 446 g/mol. The molecule has 4 aromatic rings. The molecule has 6 heteroatoms. The third-order valence-corrected chi connectivity index (χ3v) is 7.67. The highest BCUT2D eigenvalue weighted by molar-refractivity contribution is 5.96. The summed E-state index contributed by atoms with van der Waals surface area (Å²) in [5.41, 5.74) is 6.94. The molecule has 0 aliphatic carbocycles. The lowest BCUT2D eigenvalue weighted by Crippen LogP contribution is -2.60. The van der Waals surface area contributed by atoms with Crippen molar-refractivity contribution in [3.05, 3.63) is 90.1 Å². The van der Waals surface area contributed by atoms with Gasteiger partial charge in [0.1, 0.15) is 6.04 Å². The molecule has 184 valence electrons. The molecule has 3 heterocycles. The van der Waals surface area contributed by atoms with Crippen LogP contribution in [0.2, 0.25) is 0 Å². The second-order valence-electron chi connectivity index (χ2n) is 9.99. The summed E-state index contributed by atoms with van der Waals surface area (Å²) in [4.78, 5) is 21.9. The van der Waals surface area contributed by atoms with E-state index in [4.69, 9.17) is 0 Å². The number of rotatable bonds is 5. The summed E-state index contributed by atoms with van der Waals surface area (Å²) in [7, 11) is 0. The number of anilines is 3. The van der Waals surface area contributed by atoms with Gasteiger partial charge in [-0.05, 0) is 61.7 Å². The van der Waals surface area contributed by atoms with Gasteiger partial charge < -0.3 is 20.5 Å². The smallest absolute Gasteiger partial charge is 0.243 e. The zero-order chi connectivity index (χ0) is 24.5. The van der Waals surface area contributed by atoms with Crippen LogP contribution in [0.4, 0.5) is 17.1 Å². The number of hydrogen-bond donors (Lipinski definition) is 3. The fourth-order valence-electron chi connectivity index (χ4n) is 5.74. The second-order valence-corrected chi connectivity index (χ2v) is 9.99. The quantitative estimate of drug-likeness (QED) is 0.376. The van der Waals surface area contributed by atoms with Gasteiger partial charge in [0, 0.05) is 60.3 Å². The number of nitrogens with one attached hydrogen (secondary N) is 3. The average molecular weight is 480 g/mol. The Kier molecular flexibility index (Phi) is 6.11. The molecule has 6 rings (SSSR count). The first-order valence-corrected chi connectivity index (χ1v) is 12.9. The first kappa shape index (κ1) is 22.7. The normalized spacial score (nSPS) is 18.9. The van der Waals surface area contributed by atoms with Crippen LogP contribution in [0.1, 0.15) is 17.5 Å². The molecule has 36 heavy (non-hydrogen) atoms. The van der Waals surface area contributed by atoms with Crippen LogP contribution in [0.3, 0.4) is 0 Å². The predicted octanol–water partition coefficient (Wildman–Crippen LogP) is 5.03. The molecule has 2 aliphatic heterocycles. The molecule has 3 aromatic carbocycles. The highest BCUT2D eigenvalue weighted by atomic mass is 16.2. The van der Waals surface area contributed by atoms with Crippen molar-refractivity contribution in [2.24, 2.45) is 0 Å². The first-order valence-electron chi connectivity index (χ1n) is 12.9. The molecule has 3 N–H and O–H groups in total. The number of piperazine rings is 1. The van der Waals surface area contributed by atoms with E-state index in [2.05, 4.69) is 80.9 Å². The minimum atomic E-state index is -0.245. The van der Waals surface area contributed by atoms with Crippen molar-refractivity contribution >= 4 is 33.9 Å². The number of aryl methyl sites for hydroxylation is 2. The molecule has 0 saturated carbocycles. The van der Waals surface area contributed by atoms with Gasteiger partial charge in [-0.1, -0.05) is 42.0 Å². The zero-order valence-electron chi connectivity index (χ0n) is 20.7. The summed E-state index contributed by atoms with van der Waals surface area (Å²) < 4.78 is 0. The van der Waals surface area contributed by atoms with Crippen LogP contribution in [0, 0.1) is 6.92 Å². The molecule has 6 nitrogen and oxygen atoms in total. The molecule has 2 aliphatic rings. The Morgan fingerprint density at radius 2 is 1.75 bits per heavy atom. The number of carbonyl (C=O) groups is 1. The third kappa shape index (κ3) is 4.44. The number of benzene rings is 3. The van der Waals surface area contributed by atoms with Crippen molar-refractivity contribution in [3.8, 4) is 0 Å². The number of H-pyrrole nitrogens is 1. The number of fused-ring (bicyclic) bond motifs is 2. The van der Waals surface area contributed by atoms with E-state index in [9.17, 15) is 4.79 Å². The number of hydrogen-bond acceptors (Lipinski definition) is 4. The van der Waals surface area contributed by atoms with Crippen molar-refractivity contribution in [1.82, 2.24) is 9.88 Å². The summed E-state index contributed by atoms with van der Waals surface area (Å²) in [6.07, 6.45) is 3.92. The van der Waals surface area contributed by atoms with Gasteiger partial charge in [0.05, 0.1) is 6.04 Å². The highest BCUT2D eigenvalue weighted by Crippen LogP contribution is 2.30. The van der Waals surface area contributed by atoms with E-state index in [1.54, 1.807) is 0 Å². The average Bonchev–Trinajstić information content (AvgIpc) is 3.40. The van der Waals surface area contributed by atoms with Gasteiger partial charge in [-0.25, -0.2) is 0 Å². The summed E-state index contributed by atoms with van der Waals surface area (Å²) in [5, 5.41) is 8.18. The SMILES string of the molecule is Cc1ccc(NC(=O)C(C2CCc3ccccc3N2)N2CCN(c3cccc4[nH]ccc34)CC2)cc1. The molecule has 1 saturated heterocycles. The third-order valence-electron chi connectivity index (χ3n) is 7.67. The van der Waals surface area contributed by atoms with Crippen molar-refractivity contribution in [3.63, 3.8) is 0 Å². The predicted molar refractivity (Wildman–Crippen MR) is 148 cm³/mol. The fraction of sp³-hybridized carbons (Fsp3) is 0.300. The van der Waals surface area contributed by atoms with Crippen LogP contribution in [-0.4, -0.2) is 54.1 Å². The number of nitrogens with zero attached hydrogens (tertiary/aromatic N) is 2. The number of para-hydroxylation sites is 1. The molecule has 0 spiro atoms. The highest BCUT2D eigenvalue weighted by Gasteiger charge is 2.37. The first-order chi connectivity index (χ1) is 17.7. The van der Waals surface area contributed by atoms with Crippen LogP contribution >= 0.6 is 0 Å². The zero-order valence-corrected chi connectivity index (χ0v) is 20.7. The van der Waals surface area contributed by atoms with E-state index in [0.717, 1.165) is 55.9 Å². The Labute approximate surface area is 212 Å². The van der Waals surface area contributed by atoms with Crippen LogP contribution in [-0.2, 0) is 11.2 Å². The summed E-state index contributed by atoms with van der Waals surface area (Å²) in [6, 6.07) is 24.9. The Bertz CT molecular complexity index is 1350. The summed E-state index contributed by atoms with van der Waals surface area (Å²) >= 11 is 0. The lowest BCUT2D eigenvalue weighted by Gasteiger charge is -2.43. The van der Waals surface area contributed by atoms with Crippen LogP contribution in [0.25, 0.3) is 10.9 Å². The van der Waals surface area contributed by atoms with Crippen molar-refractivity contribution in [1.29, 1.82) is 0 Å². The van der Waals surface area contributed by atoms with Gasteiger partial charge in [-0.2, -0.15) is 0 Å². The monoisotopic (exact) mass is 479 g/mol. The molecule has 2 unspecified atom stereocenters. The maximum absolute atomic E-state index is 13.8. The van der Waals surface area contributed by atoms with Gasteiger partial charge in [0.25, 0.3) is 0 Å². The Hall–Kier alpha value is -3.77. The molecule has 2 atom stereocenters. The Morgan fingerprint density at radius 1 is 0.944 bits per heavy atom. The molecular formula is C30H33N5O. The van der Waals surface area contributed by atoms with E-state index in [1.807, 2.05) is 30.5 Å². The molecule has 0 radical (unpaired) electrons. The largest absolute Gasteiger partial charge is 0.380 e. The standard InChI is InChI=1S/C30H33N5O/c1-21-9-12-23(13-10-21)32-30(36)29(27-14-11-22-5-2-3-6-25(22)33-27)35-19-17-34(18-20-35)28-8-4-7-26-24(28)15-16-31-26/h2-10,12-13,15-16,27,29,31,33H,11,14,17-20H2,1H3,(H,32,36). The van der Waals surface area contributed by atoms with Crippen molar-refractivity contribution in [2.45, 2.75) is 31.8 Å². The molecule has 1 amide bonds. The van der Waals surface area contributed by atoms with E-state index < -0.39 is 0 Å². The fourth-order valence-corrected chi connectivity index (χ4v) is 5.74. The molecule has 1 aromatic heterocycles. The number of aromatic amines is 1.